The van der Waals surface area contributed by atoms with Crippen LogP contribution in [0.3, 0.4) is 0 Å². The number of nitrogens with zero attached hydrogens (tertiary/aromatic N) is 2. The van der Waals surface area contributed by atoms with Gasteiger partial charge in [0.15, 0.2) is 11.5 Å². The van der Waals surface area contributed by atoms with Crippen LogP contribution in [0.1, 0.15) is 42.2 Å². The summed E-state index contributed by atoms with van der Waals surface area (Å²) in [6, 6.07) is 11.4. The number of rotatable bonds is 4. The first kappa shape index (κ1) is 19.0. The Labute approximate surface area is 168 Å². The Bertz CT molecular complexity index is 1030. The molecule has 7 heteroatoms. The predicted molar refractivity (Wildman–Crippen MR) is 108 cm³/mol. The molecule has 6 nitrogen and oxygen atoms in total. The molecule has 1 aliphatic rings. The monoisotopic (exact) mass is 395 g/mol. The fourth-order valence-electron chi connectivity index (χ4n) is 3.32. The molecule has 29 heavy (non-hydrogen) atoms. The van der Waals surface area contributed by atoms with Crippen molar-refractivity contribution in [1.82, 2.24) is 9.78 Å². The molecular formula is C22H22FN3O3. The average molecular weight is 395 g/mol. The molecule has 1 aliphatic heterocycles. The second kappa shape index (κ2) is 7.95. The summed E-state index contributed by atoms with van der Waals surface area (Å²) in [7, 11) is 0. The van der Waals surface area contributed by atoms with Crippen molar-refractivity contribution in [3.63, 3.8) is 0 Å². The Morgan fingerprint density at radius 2 is 1.83 bits per heavy atom. The number of hydrogen-bond acceptors (Lipinski definition) is 4. The van der Waals surface area contributed by atoms with E-state index in [1.54, 1.807) is 35.0 Å². The lowest BCUT2D eigenvalue weighted by Gasteiger charge is -2.14. The molecule has 150 valence electrons. The van der Waals surface area contributed by atoms with Crippen molar-refractivity contribution in [3.05, 3.63) is 65.7 Å². The van der Waals surface area contributed by atoms with E-state index in [4.69, 9.17) is 9.47 Å². The van der Waals surface area contributed by atoms with Gasteiger partial charge in [0.05, 0.1) is 36.4 Å². The molecule has 4 rings (SSSR count). The molecule has 0 spiro atoms. The second-order valence-corrected chi connectivity index (χ2v) is 7.15. The maximum absolute atomic E-state index is 13.3. The van der Waals surface area contributed by atoms with Gasteiger partial charge in [-0.3, -0.25) is 4.79 Å². The summed E-state index contributed by atoms with van der Waals surface area (Å²) in [5, 5.41) is 7.28. The lowest BCUT2D eigenvalue weighted by Crippen LogP contribution is -2.15. The van der Waals surface area contributed by atoms with Gasteiger partial charge in [0.2, 0.25) is 0 Å². The number of anilines is 1. The number of hydrogen-bond donors (Lipinski definition) is 1. The van der Waals surface area contributed by atoms with E-state index in [0.29, 0.717) is 41.7 Å². The fourth-order valence-corrected chi connectivity index (χ4v) is 3.32. The second-order valence-electron chi connectivity index (χ2n) is 7.15. The van der Waals surface area contributed by atoms with E-state index in [2.05, 4.69) is 10.4 Å². The van der Waals surface area contributed by atoms with Crippen LogP contribution >= 0.6 is 0 Å². The van der Waals surface area contributed by atoms with Gasteiger partial charge in [0.1, 0.15) is 5.82 Å². The van der Waals surface area contributed by atoms with E-state index >= 15 is 0 Å². The third-order valence-corrected chi connectivity index (χ3v) is 4.67. The van der Waals surface area contributed by atoms with Gasteiger partial charge in [0.25, 0.3) is 5.91 Å². The molecule has 1 aromatic heterocycles. The summed E-state index contributed by atoms with van der Waals surface area (Å²) in [6.45, 7) is 5.16. The van der Waals surface area contributed by atoms with Crippen molar-refractivity contribution in [2.75, 3.05) is 18.5 Å². The summed E-state index contributed by atoms with van der Waals surface area (Å²) in [5.41, 5.74) is 2.54. The summed E-state index contributed by atoms with van der Waals surface area (Å²) >= 11 is 0. The molecule has 0 fully saturated rings. The number of benzene rings is 2. The van der Waals surface area contributed by atoms with E-state index in [1.165, 1.54) is 18.3 Å². The Hall–Kier alpha value is -3.35. The minimum absolute atomic E-state index is 0.0343. The smallest absolute Gasteiger partial charge is 0.259 e. The molecule has 0 radical (unpaired) electrons. The van der Waals surface area contributed by atoms with Gasteiger partial charge in [-0.1, -0.05) is 13.8 Å². The van der Waals surface area contributed by atoms with Gasteiger partial charge in [-0.25, -0.2) is 9.07 Å². The van der Waals surface area contributed by atoms with Crippen LogP contribution in [-0.4, -0.2) is 28.9 Å². The summed E-state index contributed by atoms with van der Waals surface area (Å²) in [4.78, 5) is 13.0. The largest absolute Gasteiger partial charge is 0.490 e. The highest BCUT2D eigenvalue weighted by Gasteiger charge is 2.21. The van der Waals surface area contributed by atoms with Crippen molar-refractivity contribution in [2.45, 2.75) is 26.2 Å². The molecule has 2 heterocycles. The summed E-state index contributed by atoms with van der Waals surface area (Å²) < 4.78 is 26.3. The first-order chi connectivity index (χ1) is 14.0. The Balaban J connectivity index is 1.62. The number of fused-ring (bicyclic) bond motifs is 1. The first-order valence-electron chi connectivity index (χ1n) is 9.58. The lowest BCUT2D eigenvalue weighted by molar-refractivity contribution is 0.102. The van der Waals surface area contributed by atoms with Crippen LogP contribution < -0.4 is 14.8 Å². The topological polar surface area (TPSA) is 65.4 Å². The lowest BCUT2D eigenvalue weighted by atomic mass is 10.0. The van der Waals surface area contributed by atoms with Crippen molar-refractivity contribution < 1.29 is 18.7 Å². The summed E-state index contributed by atoms with van der Waals surface area (Å²) in [5.74, 6) is 0.738. The quantitative estimate of drug-likeness (QED) is 0.704. The summed E-state index contributed by atoms with van der Waals surface area (Å²) in [6.07, 6.45) is 2.35. The molecule has 0 atom stereocenters. The molecule has 0 aliphatic carbocycles. The van der Waals surface area contributed by atoms with Gasteiger partial charge in [-0.15, -0.1) is 0 Å². The highest BCUT2D eigenvalue weighted by molar-refractivity contribution is 6.05. The third-order valence-electron chi connectivity index (χ3n) is 4.67. The zero-order valence-electron chi connectivity index (χ0n) is 16.3. The molecule has 0 saturated carbocycles. The molecule has 0 saturated heterocycles. The molecule has 0 unspecified atom stereocenters. The Kier molecular flexibility index (Phi) is 5.20. The standard InChI is InChI=1S/C22H22FN3O3/c1-14(2)21-18(13-24-26(21)17-7-4-15(23)5-8-17)22(27)25-16-6-9-19-20(12-16)29-11-3-10-28-19/h4-9,12-14H,3,10-11H2,1-2H3,(H,25,27). The number of aromatic nitrogens is 2. The van der Waals surface area contributed by atoms with E-state index < -0.39 is 0 Å². The zero-order chi connectivity index (χ0) is 20.4. The van der Waals surface area contributed by atoms with Gasteiger partial charge in [-0.2, -0.15) is 5.10 Å². The minimum Gasteiger partial charge on any atom is -0.490 e. The molecule has 1 amide bonds. The number of amides is 1. The molecular weight excluding hydrogens is 373 g/mol. The number of carbonyl (C=O) groups is 1. The molecule has 1 N–H and O–H groups in total. The van der Waals surface area contributed by atoms with Crippen LogP contribution in [0.2, 0.25) is 0 Å². The van der Waals surface area contributed by atoms with Crippen molar-refractivity contribution in [1.29, 1.82) is 0 Å². The van der Waals surface area contributed by atoms with E-state index in [-0.39, 0.29) is 17.6 Å². The molecule has 0 bridgehead atoms. The Morgan fingerprint density at radius 3 is 2.55 bits per heavy atom. The van der Waals surface area contributed by atoms with Gasteiger partial charge < -0.3 is 14.8 Å². The predicted octanol–water partition coefficient (Wildman–Crippen LogP) is 4.55. The first-order valence-corrected chi connectivity index (χ1v) is 9.58. The minimum atomic E-state index is -0.320. The maximum atomic E-state index is 13.3. The van der Waals surface area contributed by atoms with Crippen LogP contribution in [0.4, 0.5) is 10.1 Å². The van der Waals surface area contributed by atoms with Gasteiger partial charge in [-0.05, 0) is 42.3 Å². The van der Waals surface area contributed by atoms with Crippen molar-refractivity contribution >= 4 is 11.6 Å². The highest BCUT2D eigenvalue weighted by Crippen LogP contribution is 2.33. The SMILES string of the molecule is CC(C)c1c(C(=O)Nc2ccc3c(c2)OCCCO3)cnn1-c1ccc(F)cc1. The molecule has 2 aromatic carbocycles. The zero-order valence-corrected chi connectivity index (χ0v) is 16.3. The van der Waals surface area contributed by atoms with Gasteiger partial charge in [0, 0.05) is 18.2 Å². The van der Waals surface area contributed by atoms with Crippen LogP contribution in [0, 0.1) is 5.82 Å². The van der Waals surface area contributed by atoms with Crippen molar-refractivity contribution in [2.24, 2.45) is 0 Å². The number of carbonyl (C=O) groups excluding carboxylic acids is 1. The Morgan fingerprint density at radius 1 is 1.10 bits per heavy atom. The van der Waals surface area contributed by atoms with E-state index in [0.717, 1.165) is 12.1 Å². The fraction of sp³-hybridized carbons (Fsp3) is 0.273. The average Bonchev–Trinajstić information content (AvgIpc) is 3.02. The normalized spacial score (nSPS) is 13.2. The van der Waals surface area contributed by atoms with E-state index in [9.17, 15) is 9.18 Å². The van der Waals surface area contributed by atoms with Crippen LogP contribution in [-0.2, 0) is 0 Å². The number of ether oxygens (including phenoxy) is 2. The van der Waals surface area contributed by atoms with E-state index in [1.807, 2.05) is 13.8 Å². The maximum Gasteiger partial charge on any atom is 0.259 e. The molecule has 3 aromatic rings. The third kappa shape index (κ3) is 3.94. The number of nitrogens with one attached hydrogen (secondary N) is 1. The number of halogens is 1. The van der Waals surface area contributed by atoms with Gasteiger partial charge >= 0.3 is 0 Å². The van der Waals surface area contributed by atoms with Crippen LogP contribution in [0.15, 0.2) is 48.7 Å². The van der Waals surface area contributed by atoms with Crippen molar-refractivity contribution in [3.8, 4) is 17.2 Å². The van der Waals surface area contributed by atoms with Crippen LogP contribution in [0.5, 0.6) is 11.5 Å². The van der Waals surface area contributed by atoms with Crippen LogP contribution in [0.25, 0.3) is 5.69 Å². The highest BCUT2D eigenvalue weighted by atomic mass is 19.1.